The maximum atomic E-state index is 12.9. The zero-order valence-corrected chi connectivity index (χ0v) is 8.67. The van der Waals surface area contributed by atoms with Crippen LogP contribution in [-0.4, -0.2) is 12.2 Å². The van der Waals surface area contributed by atoms with Crippen molar-refractivity contribution in [3.8, 4) is 5.75 Å². The van der Waals surface area contributed by atoms with Crippen LogP contribution in [0.1, 0.15) is 25.8 Å². The van der Waals surface area contributed by atoms with Gasteiger partial charge in [-0.05, 0) is 25.5 Å². The Morgan fingerprint density at radius 1 is 1.50 bits per heavy atom. The minimum absolute atomic E-state index is 0.363. The number of benzene rings is 1. The summed E-state index contributed by atoms with van der Waals surface area (Å²) in [5.74, 6) is 0.0225. The molecule has 0 aliphatic carbocycles. The van der Waals surface area contributed by atoms with E-state index in [0.717, 1.165) is 0 Å². The van der Waals surface area contributed by atoms with Gasteiger partial charge >= 0.3 is 0 Å². The first kappa shape index (κ1) is 11.0. The van der Waals surface area contributed by atoms with E-state index in [1.165, 1.54) is 19.2 Å². The van der Waals surface area contributed by atoms with Crippen LogP contribution in [0.15, 0.2) is 18.2 Å². The molecule has 0 saturated heterocycles. The van der Waals surface area contributed by atoms with Gasteiger partial charge in [-0.3, -0.25) is 0 Å². The Morgan fingerprint density at radius 3 is 2.64 bits per heavy atom. The first-order valence-corrected chi connectivity index (χ1v) is 4.57. The molecule has 0 spiro atoms. The van der Waals surface area contributed by atoms with Crippen molar-refractivity contribution in [3.63, 3.8) is 0 Å². The monoisotopic (exact) mass is 198 g/mol. The molecule has 1 N–H and O–H groups in total. The van der Waals surface area contributed by atoms with Crippen molar-refractivity contribution in [1.29, 1.82) is 0 Å². The lowest BCUT2D eigenvalue weighted by Gasteiger charge is -2.24. The Balaban J connectivity index is 3.20. The molecule has 0 aliphatic rings. The van der Waals surface area contributed by atoms with Crippen molar-refractivity contribution in [2.24, 2.45) is 0 Å². The van der Waals surface area contributed by atoms with E-state index >= 15 is 0 Å². The van der Waals surface area contributed by atoms with Gasteiger partial charge in [0.15, 0.2) is 0 Å². The molecule has 0 bridgehead atoms. The molecule has 1 atom stereocenters. The van der Waals surface area contributed by atoms with E-state index in [1.54, 1.807) is 13.0 Å². The van der Waals surface area contributed by atoms with Crippen LogP contribution >= 0.6 is 0 Å². The van der Waals surface area contributed by atoms with E-state index < -0.39 is 5.60 Å². The van der Waals surface area contributed by atoms with Crippen LogP contribution in [0, 0.1) is 5.82 Å². The summed E-state index contributed by atoms with van der Waals surface area (Å²) in [7, 11) is 1.46. The van der Waals surface area contributed by atoms with Crippen LogP contribution in [0.4, 0.5) is 4.39 Å². The van der Waals surface area contributed by atoms with Crippen molar-refractivity contribution in [1.82, 2.24) is 0 Å². The second-order valence-electron chi connectivity index (χ2n) is 3.47. The van der Waals surface area contributed by atoms with Crippen LogP contribution in [-0.2, 0) is 5.60 Å². The first-order chi connectivity index (χ1) is 6.51. The highest BCUT2D eigenvalue weighted by atomic mass is 19.1. The van der Waals surface area contributed by atoms with E-state index in [1.807, 2.05) is 6.92 Å². The van der Waals surface area contributed by atoms with Crippen molar-refractivity contribution >= 4 is 0 Å². The largest absolute Gasteiger partial charge is 0.496 e. The third kappa shape index (κ3) is 2.04. The van der Waals surface area contributed by atoms with Crippen LogP contribution in [0.3, 0.4) is 0 Å². The lowest BCUT2D eigenvalue weighted by atomic mass is 9.92. The fourth-order valence-corrected chi connectivity index (χ4v) is 1.30. The van der Waals surface area contributed by atoms with Crippen molar-refractivity contribution in [3.05, 3.63) is 29.6 Å². The van der Waals surface area contributed by atoms with Crippen LogP contribution in [0.2, 0.25) is 0 Å². The van der Waals surface area contributed by atoms with Gasteiger partial charge in [0.1, 0.15) is 11.6 Å². The average Bonchev–Trinajstić information content (AvgIpc) is 2.17. The van der Waals surface area contributed by atoms with Gasteiger partial charge in [0, 0.05) is 11.6 Å². The SMILES string of the molecule is CCC(C)(O)c1ccc(F)cc1OC. The molecule has 2 nitrogen and oxygen atoms in total. The molecule has 0 radical (unpaired) electrons. The van der Waals surface area contributed by atoms with E-state index in [9.17, 15) is 9.50 Å². The molecule has 1 aromatic carbocycles. The molecule has 1 unspecified atom stereocenters. The quantitative estimate of drug-likeness (QED) is 0.808. The molecule has 0 saturated carbocycles. The second kappa shape index (κ2) is 3.96. The van der Waals surface area contributed by atoms with E-state index in [2.05, 4.69) is 0 Å². The molecule has 3 heteroatoms. The number of methoxy groups -OCH3 is 1. The highest BCUT2D eigenvalue weighted by Gasteiger charge is 2.24. The number of ether oxygens (including phenoxy) is 1. The van der Waals surface area contributed by atoms with E-state index in [-0.39, 0.29) is 5.82 Å². The molecule has 1 aromatic rings. The fourth-order valence-electron chi connectivity index (χ4n) is 1.30. The number of hydrogen-bond donors (Lipinski definition) is 1. The van der Waals surface area contributed by atoms with Crippen molar-refractivity contribution in [2.75, 3.05) is 7.11 Å². The third-order valence-electron chi connectivity index (χ3n) is 2.43. The van der Waals surface area contributed by atoms with Gasteiger partial charge in [-0.1, -0.05) is 6.92 Å². The lowest BCUT2D eigenvalue weighted by molar-refractivity contribution is 0.0504. The first-order valence-electron chi connectivity index (χ1n) is 4.57. The van der Waals surface area contributed by atoms with Crippen LogP contribution in [0.25, 0.3) is 0 Å². The van der Waals surface area contributed by atoms with Crippen LogP contribution in [0.5, 0.6) is 5.75 Å². The summed E-state index contributed by atoms with van der Waals surface area (Å²) in [5, 5.41) is 9.99. The Kier molecular flexibility index (Phi) is 3.11. The van der Waals surface area contributed by atoms with Gasteiger partial charge in [0.05, 0.1) is 12.7 Å². The van der Waals surface area contributed by atoms with E-state index in [0.29, 0.717) is 17.7 Å². The molecule has 0 fully saturated rings. The highest BCUT2D eigenvalue weighted by molar-refractivity contribution is 5.38. The zero-order chi connectivity index (χ0) is 10.8. The summed E-state index contributed by atoms with van der Waals surface area (Å²) in [6.07, 6.45) is 0.551. The highest BCUT2D eigenvalue weighted by Crippen LogP contribution is 2.32. The molecular weight excluding hydrogens is 183 g/mol. The van der Waals surface area contributed by atoms with Gasteiger partial charge in [0.25, 0.3) is 0 Å². The Labute approximate surface area is 83.3 Å². The Hall–Kier alpha value is -1.09. The summed E-state index contributed by atoms with van der Waals surface area (Å²) in [6.45, 7) is 3.55. The maximum absolute atomic E-state index is 12.9. The minimum Gasteiger partial charge on any atom is -0.496 e. The molecule has 14 heavy (non-hydrogen) atoms. The zero-order valence-electron chi connectivity index (χ0n) is 8.67. The maximum Gasteiger partial charge on any atom is 0.127 e. The predicted octanol–water partition coefficient (Wildman–Crippen LogP) is 2.45. The van der Waals surface area contributed by atoms with Gasteiger partial charge in [0.2, 0.25) is 0 Å². The van der Waals surface area contributed by atoms with Crippen molar-refractivity contribution in [2.45, 2.75) is 25.9 Å². The number of aliphatic hydroxyl groups is 1. The average molecular weight is 198 g/mol. The van der Waals surface area contributed by atoms with Gasteiger partial charge in [-0.25, -0.2) is 4.39 Å². The molecular formula is C11H15FO2. The third-order valence-corrected chi connectivity index (χ3v) is 2.43. The summed E-state index contributed by atoms with van der Waals surface area (Å²) in [5.41, 5.74) is -0.358. The Bertz CT molecular complexity index is 321. The minimum atomic E-state index is -0.973. The summed E-state index contributed by atoms with van der Waals surface area (Å²) in [6, 6.07) is 4.15. The number of rotatable bonds is 3. The van der Waals surface area contributed by atoms with Crippen LogP contribution < -0.4 is 4.74 Å². The smallest absolute Gasteiger partial charge is 0.127 e. The number of hydrogen-bond acceptors (Lipinski definition) is 2. The van der Waals surface area contributed by atoms with E-state index in [4.69, 9.17) is 4.74 Å². The van der Waals surface area contributed by atoms with Crippen molar-refractivity contribution < 1.29 is 14.2 Å². The Morgan fingerprint density at radius 2 is 2.14 bits per heavy atom. The second-order valence-corrected chi connectivity index (χ2v) is 3.47. The fraction of sp³-hybridized carbons (Fsp3) is 0.455. The summed E-state index contributed by atoms with van der Waals surface area (Å²) < 4.78 is 17.9. The normalized spacial score (nSPS) is 14.9. The number of halogens is 1. The summed E-state index contributed by atoms with van der Waals surface area (Å²) in [4.78, 5) is 0. The molecule has 0 heterocycles. The molecule has 78 valence electrons. The molecule has 1 rings (SSSR count). The molecule has 0 amide bonds. The molecule has 0 aromatic heterocycles. The predicted molar refractivity (Wildman–Crippen MR) is 52.8 cm³/mol. The lowest BCUT2D eigenvalue weighted by Crippen LogP contribution is -2.20. The standard InChI is InChI=1S/C11H15FO2/c1-4-11(2,13)9-6-5-8(12)7-10(9)14-3/h5-7,13H,4H2,1-3H3. The van der Waals surface area contributed by atoms with Gasteiger partial charge < -0.3 is 9.84 Å². The molecule has 0 aliphatic heterocycles. The van der Waals surface area contributed by atoms with Gasteiger partial charge in [-0.15, -0.1) is 0 Å². The summed E-state index contributed by atoms with van der Waals surface area (Å²) >= 11 is 0. The van der Waals surface area contributed by atoms with Gasteiger partial charge in [-0.2, -0.15) is 0 Å². The topological polar surface area (TPSA) is 29.5 Å².